The van der Waals surface area contributed by atoms with Crippen molar-refractivity contribution < 1.29 is 14.3 Å². The number of rotatable bonds is 4. The molecule has 3 atom stereocenters. The fourth-order valence-electron chi connectivity index (χ4n) is 3.24. The molecular formula is C19H20FNO2. The molecule has 0 saturated heterocycles. The molecule has 2 N–H and O–H groups in total. The molecule has 3 nitrogen and oxygen atoms in total. The van der Waals surface area contributed by atoms with Gasteiger partial charge >= 0.3 is 0 Å². The summed E-state index contributed by atoms with van der Waals surface area (Å²) < 4.78 is 13.8. The van der Waals surface area contributed by atoms with Crippen LogP contribution in [0.5, 0.6) is 0 Å². The predicted molar refractivity (Wildman–Crippen MR) is 86.5 cm³/mol. The van der Waals surface area contributed by atoms with E-state index in [2.05, 4.69) is 5.32 Å². The van der Waals surface area contributed by atoms with Crippen molar-refractivity contribution in [1.29, 1.82) is 0 Å². The van der Waals surface area contributed by atoms with Gasteiger partial charge in [0.05, 0.1) is 12.1 Å². The van der Waals surface area contributed by atoms with Crippen LogP contribution in [0.15, 0.2) is 48.5 Å². The molecule has 0 heterocycles. The zero-order chi connectivity index (χ0) is 16.4. The average molecular weight is 313 g/mol. The second-order valence-corrected chi connectivity index (χ2v) is 6.14. The van der Waals surface area contributed by atoms with Crippen LogP contribution in [-0.4, -0.2) is 17.1 Å². The smallest absolute Gasteiger partial charge is 0.221 e. The van der Waals surface area contributed by atoms with Crippen LogP contribution >= 0.6 is 0 Å². The van der Waals surface area contributed by atoms with Crippen molar-refractivity contribution >= 4 is 5.91 Å². The van der Waals surface area contributed by atoms with Crippen molar-refractivity contribution in [1.82, 2.24) is 5.32 Å². The van der Waals surface area contributed by atoms with Gasteiger partial charge in [0, 0.05) is 12.8 Å². The maximum atomic E-state index is 13.8. The van der Waals surface area contributed by atoms with Gasteiger partial charge in [0.2, 0.25) is 5.91 Å². The lowest BCUT2D eigenvalue weighted by atomic mass is 9.96. The number of nitrogens with one attached hydrogen (secondary N) is 1. The van der Waals surface area contributed by atoms with Gasteiger partial charge in [-0.05, 0) is 28.7 Å². The molecule has 0 radical (unpaired) electrons. The minimum absolute atomic E-state index is 0.179. The van der Waals surface area contributed by atoms with Crippen LogP contribution in [0.3, 0.4) is 0 Å². The van der Waals surface area contributed by atoms with E-state index in [0.29, 0.717) is 12.0 Å². The van der Waals surface area contributed by atoms with Gasteiger partial charge in [-0.15, -0.1) is 0 Å². The number of carbonyl (C=O) groups excluding carboxylic acids is 1. The van der Waals surface area contributed by atoms with Crippen LogP contribution in [0.25, 0.3) is 0 Å². The van der Waals surface area contributed by atoms with E-state index in [9.17, 15) is 14.3 Å². The first-order chi connectivity index (χ1) is 11.1. The highest BCUT2D eigenvalue weighted by Crippen LogP contribution is 2.31. The number of carbonyl (C=O) groups is 1. The maximum Gasteiger partial charge on any atom is 0.221 e. The van der Waals surface area contributed by atoms with E-state index in [4.69, 9.17) is 0 Å². The number of fused-ring (bicyclic) bond motifs is 1. The van der Waals surface area contributed by atoms with E-state index in [1.807, 2.05) is 31.2 Å². The number of amides is 1. The Morgan fingerprint density at radius 2 is 1.96 bits per heavy atom. The predicted octanol–water partition coefficient (Wildman–Crippen LogP) is 3.09. The topological polar surface area (TPSA) is 49.3 Å². The molecule has 0 spiro atoms. The van der Waals surface area contributed by atoms with E-state index in [-0.39, 0.29) is 30.1 Å². The fraction of sp³-hybridized carbons (Fsp3) is 0.316. The number of hydrogen-bond donors (Lipinski definition) is 2. The first kappa shape index (κ1) is 15.7. The van der Waals surface area contributed by atoms with Gasteiger partial charge in [-0.1, -0.05) is 49.4 Å². The van der Waals surface area contributed by atoms with Crippen molar-refractivity contribution in [2.45, 2.75) is 37.8 Å². The number of benzene rings is 2. The Morgan fingerprint density at radius 1 is 1.26 bits per heavy atom. The van der Waals surface area contributed by atoms with Gasteiger partial charge < -0.3 is 10.4 Å². The van der Waals surface area contributed by atoms with Gasteiger partial charge in [-0.25, -0.2) is 4.39 Å². The molecule has 0 aliphatic heterocycles. The van der Waals surface area contributed by atoms with Gasteiger partial charge in [0.15, 0.2) is 0 Å². The van der Waals surface area contributed by atoms with E-state index >= 15 is 0 Å². The molecule has 4 heteroatoms. The third-order valence-electron chi connectivity index (χ3n) is 4.45. The summed E-state index contributed by atoms with van der Waals surface area (Å²) in [7, 11) is 0. The van der Waals surface area contributed by atoms with Gasteiger partial charge in [0.25, 0.3) is 0 Å². The fourth-order valence-corrected chi connectivity index (χ4v) is 3.24. The van der Waals surface area contributed by atoms with Crippen molar-refractivity contribution in [3.8, 4) is 0 Å². The summed E-state index contributed by atoms with van der Waals surface area (Å²) >= 11 is 0. The highest BCUT2D eigenvalue weighted by molar-refractivity contribution is 5.77. The first-order valence-corrected chi connectivity index (χ1v) is 7.86. The summed E-state index contributed by atoms with van der Waals surface area (Å²) in [6.07, 6.45) is 0.121. The Kier molecular flexibility index (Phi) is 4.44. The molecule has 0 aromatic heterocycles. The molecule has 2 aromatic rings. The molecule has 0 saturated carbocycles. The lowest BCUT2D eigenvalue weighted by molar-refractivity contribution is -0.122. The second-order valence-electron chi connectivity index (χ2n) is 6.14. The molecule has 3 unspecified atom stereocenters. The zero-order valence-corrected chi connectivity index (χ0v) is 13.0. The summed E-state index contributed by atoms with van der Waals surface area (Å²) in [5.74, 6) is -0.689. The summed E-state index contributed by atoms with van der Waals surface area (Å²) in [6.45, 7) is 1.83. The number of halogens is 1. The minimum atomic E-state index is -0.611. The number of hydrogen-bond acceptors (Lipinski definition) is 2. The Morgan fingerprint density at radius 3 is 2.74 bits per heavy atom. The average Bonchev–Trinajstić information content (AvgIpc) is 2.83. The Hall–Kier alpha value is -2.20. The SMILES string of the molecule is CC(CC(=O)NC1c2ccccc2CC1O)c1ccccc1F. The molecule has 3 rings (SSSR count). The summed E-state index contributed by atoms with van der Waals surface area (Å²) in [5.41, 5.74) is 2.56. The monoisotopic (exact) mass is 313 g/mol. The minimum Gasteiger partial charge on any atom is -0.390 e. The van der Waals surface area contributed by atoms with Crippen LogP contribution in [0.4, 0.5) is 4.39 Å². The van der Waals surface area contributed by atoms with Crippen LogP contribution in [0.2, 0.25) is 0 Å². The van der Waals surface area contributed by atoms with Crippen molar-refractivity contribution in [3.05, 3.63) is 71.0 Å². The Labute approximate surface area is 135 Å². The Bertz CT molecular complexity index is 716. The van der Waals surface area contributed by atoms with Gasteiger partial charge in [0.1, 0.15) is 5.82 Å². The number of aliphatic hydroxyl groups excluding tert-OH is 1. The first-order valence-electron chi connectivity index (χ1n) is 7.86. The van der Waals surface area contributed by atoms with Gasteiger partial charge in [-0.2, -0.15) is 0 Å². The Balaban J connectivity index is 1.67. The molecule has 1 aliphatic rings. The molecule has 0 fully saturated rings. The summed E-state index contributed by atoms with van der Waals surface area (Å²) in [5, 5.41) is 13.1. The molecule has 2 aromatic carbocycles. The van der Waals surface area contributed by atoms with Gasteiger partial charge in [-0.3, -0.25) is 4.79 Å². The zero-order valence-electron chi connectivity index (χ0n) is 13.0. The van der Waals surface area contributed by atoms with E-state index in [0.717, 1.165) is 11.1 Å². The molecule has 1 amide bonds. The van der Waals surface area contributed by atoms with E-state index in [1.54, 1.807) is 18.2 Å². The standard InChI is InChI=1S/C19H20FNO2/c1-12(14-7-4-5-9-16(14)20)10-18(23)21-19-15-8-3-2-6-13(15)11-17(19)22/h2-9,12,17,19,22H,10-11H2,1H3,(H,21,23). The van der Waals surface area contributed by atoms with E-state index < -0.39 is 6.10 Å². The summed E-state index contributed by atoms with van der Waals surface area (Å²) in [4.78, 5) is 12.3. The van der Waals surface area contributed by atoms with E-state index in [1.165, 1.54) is 6.07 Å². The number of aliphatic hydroxyl groups is 1. The highest BCUT2D eigenvalue weighted by atomic mass is 19.1. The van der Waals surface area contributed by atoms with Crippen LogP contribution in [0, 0.1) is 5.82 Å². The van der Waals surface area contributed by atoms with Crippen molar-refractivity contribution in [2.75, 3.05) is 0 Å². The third kappa shape index (κ3) is 3.27. The molecule has 120 valence electrons. The molecule has 23 heavy (non-hydrogen) atoms. The lowest BCUT2D eigenvalue weighted by Gasteiger charge is -2.20. The maximum absolute atomic E-state index is 13.8. The van der Waals surface area contributed by atoms with Crippen LogP contribution in [-0.2, 0) is 11.2 Å². The summed E-state index contributed by atoms with van der Waals surface area (Å²) in [6, 6.07) is 13.8. The lowest BCUT2D eigenvalue weighted by Crippen LogP contribution is -2.34. The highest BCUT2D eigenvalue weighted by Gasteiger charge is 2.32. The molecule has 1 aliphatic carbocycles. The normalized spacial score (nSPS) is 20.8. The molecule has 0 bridgehead atoms. The van der Waals surface area contributed by atoms with Crippen LogP contribution < -0.4 is 5.32 Å². The van der Waals surface area contributed by atoms with Crippen molar-refractivity contribution in [3.63, 3.8) is 0 Å². The molecular weight excluding hydrogens is 293 g/mol. The second kappa shape index (κ2) is 6.50. The van der Waals surface area contributed by atoms with Crippen molar-refractivity contribution in [2.24, 2.45) is 0 Å². The third-order valence-corrected chi connectivity index (χ3v) is 4.45. The largest absolute Gasteiger partial charge is 0.390 e. The quantitative estimate of drug-likeness (QED) is 0.911. The van der Waals surface area contributed by atoms with Crippen LogP contribution in [0.1, 0.15) is 42.0 Å².